The van der Waals surface area contributed by atoms with Crippen LogP contribution in [0.15, 0.2) is 0 Å². The highest BCUT2D eigenvalue weighted by Crippen LogP contribution is 2.48. The minimum Gasteiger partial charge on any atom is -0.368 e. The van der Waals surface area contributed by atoms with Crippen LogP contribution in [-0.4, -0.2) is 84.8 Å². The Balaban J connectivity index is 1.18. The highest BCUT2D eigenvalue weighted by atomic mass is 35.5. The molecule has 4 saturated carbocycles. The second-order valence-corrected chi connectivity index (χ2v) is 11.6. The van der Waals surface area contributed by atoms with Crippen molar-refractivity contribution in [1.82, 2.24) is 16.0 Å². The summed E-state index contributed by atoms with van der Waals surface area (Å²) in [5.74, 6) is -0.887. The van der Waals surface area contributed by atoms with Gasteiger partial charge in [0.15, 0.2) is 0 Å². The molecule has 0 radical (unpaired) electrons. The molecule has 1 saturated heterocycles. The summed E-state index contributed by atoms with van der Waals surface area (Å²) in [4.78, 5) is 25.0. The van der Waals surface area contributed by atoms with Gasteiger partial charge in [0, 0.05) is 24.9 Å². The summed E-state index contributed by atoms with van der Waals surface area (Å²) in [5.41, 5.74) is -1.77. The summed E-state index contributed by atoms with van der Waals surface area (Å²) in [6.45, 7) is -0.604. The SMILES string of the molecule is O=C(COC1CCC(Cl)C(F)C1)NC12CCC(NC(=O)COC3CCC(C(F)(F)F)NC3)(CC1)C(F)C2. The third kappa shape index (κ3) is 7.05. The highest BCUT2D eigenvalue weighted by molar-refractivity contribution is 6.21. The second kappa shape index (κ2) is 11.5. The molecule has 0 aromatic rings. The van der Waals surface area contributed by atoms with Gasteiger partial charge in [0.25, 0.3) is 0 Å². The number of halogens is 6. The maximum atomic E-state index is 15.3. The molecule has 13 heteroatoms. The fourth-order valence-corrected chi connectivity index (χ4v) is 6.32. The predicted molar refractivity (Wildman–Crippen MR) is 125 cm³/mol. The van der Waals surface area contributed by atoms with E-state index in [0.717, 1.165) is 0 Å². The molecule has 1 heterocycles. The Morgan fingerprint density at radius 1 is 0.919 bits per heavy atom. The number of nitrogens with one attached hydrogen (secondary N) is 3. The molecule has 3 N–H and O–H groups in total. The van der Waals surface area contributed by atoms with Gasteiger partial charge < -0.3 is 25.4 Å². The fourth-order valence-electron chi connectivity index (χ4n) is 6.09. The number of piperidine rings is 1. The molecule has 37 heavy (non-hydrogen) atoms. The number of carbonyl (C=O) groups excluding carboxylic acids is 2. The van der Waals surface area contributed by atoms with Gasteiger partial charge in [0.1, 0.15) is 31.6 Å². The zero-order valence-corrected chi connectivity index (χ0v) is 21.3. The van der Waals surface area contributed by atoms with Crippen molar-refractivity contribution in [3.8, 4) is 0 Å². The van der Waals surface area contributed by atoms with E-state index in [0.29, 0.717) is 38.5 Å². The molecular weight excluding hydrogens is 525 g/mol. The Kier molecular flexibility index (Phi) is 8.92. The number of hydrogen-bond acceptors (Lipinski definition) is 5. The van der Waals surface area contributed by atoms with Gasteiger partial charge in [0.05, 0.1) is 23.1 Å². The Morgan fingerprint density at radius 2 is 1.54 bits per heavy atom. The van der Waals surface area contributed by atoms with E-state index in [1.54, 1.807) is 0 Å². The first kappa shape index (κ1) is 28.8. The molecule has 0 aromatic carbocycles. The van der Waals surface area contributed by atoms with Crippen molar-refractivity contribution in [3.05, 3.63) is 0 Å². The molecule has 6 atom stereocenters. The lowest BCUT2D eigenvalue weighted by Gasteiger charge is -2.55. The maximum absolute atomic E-state index is 15.3. The molecular formula is C24H35ClF5N3O4. The Bertz CT molecular complexity index is 819. The first-order valence-corrected chi connectivity index (χ1v) is 13.4. The Morgan fingerprint density at radius 3 is 2.11 bits per heavy atom. The minimum absolute atomic E-state index is 0.0113. The van der Waals surface area contributed by atoms with Gasteiger partial charge in [-0.1, -0.05) is 0 Å². The lowest BCUT2D eigenvalue weighted by molar-refractivity contribution is -0.166. The zero-order chi connectivity index (χ0) is 26.8. The standard InChI is InChI=1S/C24H35ClF5N3O4/c25-16-3-1-14(9-17(16)26)36-12-20(34)32-22-5-7-23(8-6-22,18(27)10-22)33-21(35)13-37-15-2-4-19(31-11-15)24(28,29)30/h14-19,31H,1-13H2,(H,32,34)(H,33,35). The smallest absolute Gasteiger partial charge is 0.368 e. The molecule has 5 aliphatic rings. The van der Waals surface area contributed by atoms with Crippen molar-refractivity contribution in [2.45, 2.75) is 117 Å². The molecule has 6 unspecified atom stereocenters. The molecule has 2 amide bonds. The Labute approximate surface area is 217 Å². The predicted octanol–water partition coefficient (Wildman–Crippen LogP) is 3.23. The third-order valence-electron chi connectivity index (χ3n) is 8.37. The van der Waals surface area contributed by atoms with Crippen LogP contribution >= 0.6 is 11.6 Å². The van der Waals surface area contributed by atoms with Crippen LogP contribution in [0.5, 0.6) is 0 Å². The molecule has 1 aliphatic heterocycles. The van der Waals surface area contributed by atoms with Crippen molar-refractivity contribution in [3.63, 3.8) is 0 Å². The van der Waals surface area contributed by atoms with Crippen LogP contribution in [0, 0.1) is 0 Å². The third-order valence-corrected chi connectivity index (χ3v) is 8.86. The van der Waals surface area contributed by atoms with E-state index in [4.69, 9.17) is 21.1 Å². The van der Waals surface area contributed by atoms with E-state index in [2.05, 4.69) is 16.0 Å². The first-order valence-electron chi connectivity index (χ1n) is 13.0. The average Bonchev–Trinajstić information content (AvgIpc) is 2.84. The van der Waals surface area contributed by atoms with Crippen molar-refractivity contribution >= 4 is 23.4 Å². The van der Waals surface area contributed by atoms with E-state index in [1.807, 2.05) is 0 Å². The number of hydrogen-bond donors (Lipinski definition) is 3. The molecule has 212 valence electrons. The van der Waals surface area contributed by atoms with Gasteiger partial charge in [0.2, 0.25) is 11.8 Å². The molecule has 4 aliphatic carbocycles. The van der Waals surface area contributed by atoms with E-state index >= 15 is 4.39 Å². The second-order valence-electron chi connectivity index (χ2n) is 11.0. The number of alkyl halides is 6. The monoisotopic (exact) mass is 559 g/mol. The molecule has 5 rings (SSSR count). The quantitative estimate of drug-likeness (QED) is 0.314. The Hall–Kier alpha value is -1.24. The van der Waals surface area contributed by atoms with E-state index in [-0.39, 0.29) is 57.5 Å². The van der Waals surface area contributed by atoms with E-state index in [1.165, 1.54) is 0 Å². The number of fused-ring (bicyclic) bond motifs is 3. The van der Waals surface area contributed by atoms with E-state index < -0.39 is 53.0 Å². The maximum Gasteiger partial charge on any atom is 0.403 e. The number of carbonyl (C=O) groups is 2. The van der Waals surface area contributed by atoms with Crippen molar-refractivity contribution in [2.75, 3.05) is 19.8 Å². The summed E-state index contributed by atoms with van der Waals surface area (Å²) >= 11 is 5.88. The topological polar surface area (TPSA) is 88.7 Å². The first-order chi connectivity index (χ1) is 17.4. The lowest BCUT2D eigenvalue weighted by atomic mass is 9.60. The minimum atomic E-state index is -4.32. The van der Waals surface area contributed by atoms with Gasteiger partial charge in [-0.05, 0) is 51.4 Å². The van der Waals surface area contributed by atoms with Gasteiger partial charge in [-0.3, -0.25) is 9.59 Å². The van der Waals surface area contributed by atoms with Crippen LogP contribution in [0.2, 0.25) is 0 Å². The van der Waals surface area contributed by atoms with Crippen LogP contribution < -0.4 is 16.0 Å². The summed E-state index contributed by atoms with van der Waals surface area (Å²) in [6.07, 6.45) is -4.81. The van der Waals surface area contributed by atoms with Crippen molar-refractivity contribution < 1.29 is 41.0 Å². The zero-order valence-electron chi connectivity index (χ0n) is 20.6. The largest absolute Gasteiger partial charge is 0.403 e. The summed E-state index contributed by atoms with van der Waals surface area (Å²) in [5, 5.41) is 7.54. The van der Waals surface area contributed by atoms with Crippen LogP contribution in [-0.2, 0) is 19.1 Å². The van der Waals surface area contributed by atoms with Crippen LogP contribution in [0.4, 0.5) is 22.0 Å². The van der Waals surface area contributed by atoms with Gasteiger partial charge >= 0.3 is 6.18 Å². The average molecular weight is 560 g/mol. The number of rotatable bonds is 8. The van der Waals surface area contributed by atoms with Gasteiger partial charge in [-0.25, -0.2) is 8.78 Å². The van der Waals surface area contributed by atoms with Gasteiger partial charge in [-0.15, -0.1) is 11.6 Å². The highest BCUT2D eigenvalue weighted by Gasteiger charge is 2.56. The molecule has 2 bridgehead atoms. The van der Waals surface area contributed by atoms with Crippen LogP contribution in [0.3, 0.4) is 0 Å². The van der Waals surface area contributed by atoms with Crippen LogP contribution in [0.25, 0.3) is 0 Å². The summed E-state index contributed by atoms with van der Waals surface area (Å²) in [7, 11) is 0. The number of amides is 2. The fraction of sp³-hybridized carbons (Fsp3) is 0.917. The van der Waals surface area contributed by atoms with Crippen molar-refractivity contribution in [2.24, 2.45) is 0 Å². The van der Waals surface area contributed by atoms with E-state index in [9.17, 15) is 27.2 Å². The summed E-state index contributed by atoms with van der Waals surface area (Å²) in [6, 6.07) is -1.57. The molecule has 5 fully saturated rings. The number of ether oxygens (including phenoxy) is 2. The van der Waals surface area contributed by atoms with Gasteiger partial charge in [-0.2, -0.15) is 13.2 Å². The lowest BCUT2D eigenvalue weighted by Crippen LogP contribution is -2.69. The molecule has 0 spiro atoms. The molecule has 0 aromatic heterocycles. The van der Waals surface area contributed by atoms with Crippen molar-refractivity contribution in [1.29, 1.82) is 0 Å². The van der Waals surface area contributed by atoms with Crippen LogP contribution in [0.1, 0.15) is 64.2 Å². The molecule has 7 nitrogen and oxygen atoms in total. The normalized spacial score (nSPS) is 40.3. The summed E-state index contributed by atoms with van der Waals surface area (Å²) < 4.78 is 78.4.